The molecule has 1 N–H and O–H groups in total. The summed E-state index contributed by atoms with van der Waals surface area (Å²) in [5, 5.41) is 8.97. The molecule has 0 aliphatic heterocycles. The second kappa shape index (κ2) is 18.2. The molecule has 0 radical (unpaired) electrons. The van der Waals surface area contributed by atoms with Crippen molar-refractivity contribution in [3.05, 3.63) is 154 Å². The Bertz CT molecular complexity index is 1720. The van der Waals surface area contributed by atoms with E-state index < -0.39 is 17.9 Å². The maximum atomic E-state index is 12.6. The van der Waals surface area contributed by atoms with Gasteiger partial charge in [-0.15, -0.1) is 13.2 Å². The summed E-state index contributed by atoms with van der Waals surface area (Å²) in [6, 6.07) is 32.1. The molecule has 0 aromatic heterocycles. The molecule has 0 heterocycles. The van der Waals surface area contributed by atoms with E-state index in [1.54, 1.807) is 31.2 Å². The van der Waals surface area contributed by atoms with Gasteiger partial charge in [0.1, 0.15) is 54.6 Å². The molecule has 0 bridgehead atoms. The lowest BCUT2D eigenvalue weighted by molar-refractivity contribution is -0.274. The first kappa shape index (κ1) is 36.5. The van der Waals surface area contributed by atoms with Gasteiger partial charge in [0.25, 0.3) is 0 Å². The number of aromatic hydroxyl groups is 1. The van der Waals surface area contributed by atoms with Crippen molar-refractivity contribution in [2.24, 2.45) is 0 Å². The predicted molar refractivity (Wildman–Crippen MR) is 170 cm³/mol. The van der Waals surface area contributed by atoms with Gasteiger partial charge in [-0.1, -0.05) is 72.8 Å². The summed E-state index contributed by atoms with van der Waals surface area (Å²) >= 11 is 0. The van der Waals surface area contributed by atoms with Gasteiger partial charge in [0.05, 0.1) is 5.56 Å². The number of ether oxygens (including phenoxy) is 3. The average molecular weight is 663 g/mol. The maximum Gasteiger partial charge on any atom is 0.573 e. The van der Waals surface area contributed by atoms with E-state index in [-0.39, 0.29) is 17.7 Å². The molecule has 0 saturated heterocycles. The van der Waals surface area contributed by atoms with Crippen LogP contribution in [0, 0.1) is 12.7 Å². The van der Waals surface area contributed by atoms with Crippen LogP contribution >= 0.6 is 0 Å². The Morgan fingerprint density at radius 1 is 0.625 bits per heavy atom. The third kappa shape index (κ3) is 12.4. The summed E-state index contributed by atoms with van der Waals surface area (Å²) in [5.74, 6) is -0.0328. The zero-order valence-corrected chi connectivity index (χ0v) is 25.5. The Balaban J connectivity index is 0.000000220. The molecule has 0 amide bonds. The Labute approximate surface area is 274 Å². The topological polar surface area (TPSA) is 99.1 Å². The van der Waals surface area contributed by atoms with Crippen molar-refractivity contribution in [3.8, 4) is 23.0 Å². The minimum Gasteiger partial charge on any atom is -0.507 e. The lowest BCUT2D eigenvalue weighted by atomic mass is 10.1. The van der Waals surface area contributed by atoms with Gasteiger partial charge in [-0.2, -0.15) is 0 Å². The van der Waals surface area contributed by atoms with Gasteiger partial charge in [-0.05, 0) is 60.0 Å². The van der Waals surface area contributed by atoms with Crippen LogP contribution in [-0.4, -0.2) is 30.3 Å². The second-order valence-electron chi connectivity index (χ2n) is 9.86. The fraction of sp³-hybridized carbons (Fsp3) is 0.108. The number of hydrogen-bond acceptors (Lipinski definition) is 7. The lowest BCUT2D eigenvalue weighted by Crippen LogP contribution is -2.17. The molecule has 0 atom stereocenters. The first-order valence-electron chi connectivity index (χ1n) is 14.2. The van der Waals surface area contributed by atoms with E-state index in [4.69, 9.17) is 14.6 Å². The smallest absolute Gasteiger partial charge is 0.507 e. The van der Waals surface area contributed by atoms with Gasteiger partial charge < -0.3 is 19.3 Å². The molecule has 0 aliphatic carbocycles. The van der Waals surface area contributed by atoms with E-state index in [1.807, 2.05) is 60.7 Å². The van der Waals surface area contributed by atoms with Crippen LogP contribution in [0.3, 0.4) is 0 Å². The summed E-state index contributed by atoms with van der Waals surface area (Å²) in [7, 11) is 0. The number of carbonyl (C=O) groups is 3. The Kier molecular flexibility index (Phi) is 13.9. The molecule has 7 nitrogen and oxygen atoms in total. The highest BCUT2D eigenvalue weighted by molar-refractivity contribution is 5.80. The lowest BCUT2D eigenvalue weighted by Gasteiger charge is -2.11. The first-order valence-corrected chi connectivity index (χ1v) is 14.2. The van der Waals surface area contributed by atoms with Gasteiger partial charge in [0.2, 0.25) is 0 Å². The van der Waals surface area contributed by atoms with E-state index in [9.17, 15) is 31.9 Å². The van der Waals surface area contributed by atoms with Crippen molar-refractivity contribution in [3.63, 3.8) is 0 Å². The number of phenolic OH excluding ortho intramolecular Hbond substituents is 1. The van der Waals surface area contributed by atoms with Crippen LogP contribution in [0.1, 0.15) is 47.8 Å². The van der Waals surface area contributed by atoms with Gasteiger partial charge in [0, 0.05) is 17.2 Å². The highest BCUT2D eigenvalue weighted by atomic mass is 19.4. The molecular formula is C37H30F4O7. The predicted octanol–water partition coefficient (Wildman–Crippen LogP) is 8.71. The Morgan fingerprint density at radius 2 is 1.17 bits per heavy atom. The van der Waals surface area contributed by atoms with Crippen LogP contribution in [0.25, 0.3) is 0 Å². The Hall–Kier alpha value is -5.97. The molecule has 0 fully saturated rings. The molecular weight excluding hydrogens is 632 g/mol. The van der Waals surface area contributed by atoms with Crippen LogP contribution in [0.15, 0.2) is 115 Å². The molecule has 5 aromatic rings. The minimum atomic E-state index is -4.81. The molecule has 0 aliphatic rings. The van der Waals surface area contributed by atoms with E-state index in [0.29, 0.717) is 47.7 Å². The number of aldehydes is 3. The second-order valence-corrected chi connectivity index (χ2v) is 9.86. The maximum absolute atomic E-state index is 12.6. The molecule has 0 saturated carbocycles. The number of carbonyl (C=O) groups excluding carboxylic acids is 3. The number of halogens is 4. The van der Waals surface area contributed by atoms with Crippen molar-refractivity contribution in [2.75, 3.05) is 0 Å². The SMILES string of the molecule is Cc1c(F)cccc1C=O.O=Cc1cc(OC(F)(F)F)ccc1O.O=Cc1cc(OCc2ccccc2)cc(OCc2ccccc2)c1. The van der Waals surface area contributed by atoms with Crippen molar-refractivity contribution in [1.82, 2.24) is 0 Å². The normalized spacial score (nSPS) is 10.3. The van der Waals surface area contributed by atoms with Crippen molar-refractivity contribution in [2.45, 2.75) is 26.5 Å². The van der Waals surface area contributed by atoms with Crippen LogP contribution in [0.5, 0.6) is 23.0 Å². The van der Waals surface area contributed by atoms with Crippen LogP contribution in [0.2, 0.25) is 0 Å². The zero-order valence-electron chi connectivity index (χ0n) is 25.5. The van der Waals surface area contributed by atoms with E-state index in [2.05, 4.69) is 4.74 Å². The van der Waals surface area contributed by atoms with Crippen molar-refractivity contribution >= 4 is 18.9 Å². The van der Waals surface area contributed by atoms with Gasteiger partial charge in [-0.3, -0.25) is 14.4 Å². The summed E-state index contributed by atoms with van der Waals surface area (Å²) < 4.78 is 62.8. The summed E-state index contributed by atoms with van der Waals surface area (Å²) in [5.41, 5.74) is 3.24. The summed E-state index contributed by atoms with van der Waals surface area (Å²) in [4.78, 5) is 31.6. The number of alkyl halides is 3. The fourth-order valence-corrected chi connectivity index (χ4v) is 3.89. The van der Waals surface area contributed by atoms with Gasteiger partial charge in [-0.25, -0.2) is 4.39 Å². The number of phenols is 1. The number of rotatable bonds is 10. The minimum absolute atomic E-state index is 0.235. The Morgan fingerprint density at radius 3 is 1.62 bits per heavy atom. The number of hydrogen-bond donors (Lipinski definition) is 1. The van der Waals surface area contributed by atoms with Crippen LogP contribution < -0.4 is 14.2 Å². The third-order valence-electron chi connectivity index (χ3n) is 6.33. The largest absolute Gasteiger partial charge is 0.573 e. The molecule has 11 heteroatoms. The van der Waals surface area contributed by atoms with Crippen LogP contribution in [-0.2, 0) is 13.2 Å². The molecule has 5 rings (SSSR count). The number of benzene rings is 5. The van der Waals surface area contributed by atoms with Gasteiger partial charge in [0.15, 0.2) is 6.29 Å². The monoisotopic (exact) mass is 662 g/mol. The first-order chi connectivity index (χ1) is 23.0. The molecule has 5 aromatic carbocycles. The van der Waals surface area contributed by atoms with E-state index >= 15 is 0 Å². The quantitative estimate of drug-likeness (QED) is 0.118. The molecule has 0 spiro atoms. The van der Waals surface area contributed by atoms with Crippen molar-refractivity contribution in [1.29, 1.82) is 0 Å². The standard InChI is InChI=1S/C21H18O3.C8H5F3O3.C8H7FO/c22-14-19-11-20(23-15-17-7-3-1-4-8-17)13-21(12-19)24-16-18-9-5-2-6-10-18;9-8(10,11)14-6-1-2-7(13)5(3-6)4-12;1-6-7(5-10)3-2-4-8(6)9/h1-14H,15-16H2;1-4,13H;2-5H,1H3. The highest BCUT2D eigenvalue weighted by Crippen LogP contribution is 2.27. The highest BCUT2D eigenvalue weighted by Gasteiger charge is 2.31. The van der Waals surface area contributed by atoms with E-state index in [1.165, 1.54) is 12.1 Å². The van der Waals surface area contributed by atoms with Crippen LogP contribution in [0.4, 0.5) is 17.6 Å². The molecule has 248 valence electrons. The van der Waals surface area contributed by atoms with E-state index in [0.717, 1.165) is 35.6 Å². The molecule has 0 unspecified atom stereocenters. The summed E-state index contributed by atoms with van der Waals surface area (Å²) in [6.07, 6.45) is -3.13. The fourth-order valence-electron chi connectivity index (χ4n) is 3.89. The summed E-state index contributed by atoms with van der Waals surface area (Å²) in [6.45, 7) is 2.47. The van der Waals surface area contributed by atoms with Crippen molar-refractivity contribution < 1.29 is 51.3 Å². The molecule has 48 heavy (non-hydrogen) atoms. The zero-order chi connectivity index (χ0) is 34.9. The van der Waals surface area contributed by atoms with Gasteiger partial charge >= 0.3 is 6.36 Å². The average Bonchev–Trinajstić information content (AvgIpc) is 3.09. The third-order valence-corrected chi connectivity index (χ3v) is 6.33.